The molecule has 90 valence electrons. The first kappa shape index (κ1) is 12.3. The van der Waals surface area contributed by atoms with Crippen molar-refractivity contribution in [1.29, 1.82) is 0 Å². The van der Waals surface area contributed by atoms with Crippen LogP contribution in [0.15, 0.2) is 18.2 Å². The first-order valence-electron chi connectivity index (χ1n) is 5.09. The van der Waals surface area contributed by atoms with Crippen LogP contribution in [0.2, 0.25) is 5.02 Å². The van der Waals surface area contributed by atoms with Crippen molar-refractivity contribution in [2.45, 2.75) is 13.5 Å². The van der Waals surface area contributed by atoms with Gasteiger partial charge in [-0.1, -0.05) is 11.6 Å². The molecule has 0 fully saturated rings. The zero-order valence-electron chi connectivity index (χ0n) is 9.53. The summed E-state index contributed by atoms with van der Waals surface area (Å²) >= 11 is 7.48. The molecule has 4 nitrogen and oxygen atoms in total. The van der Waals surface area contributed by atoms with Gasteiger partial charge in [0, 0.05) is 19.0 Å². The molecule has 0 saturated carbocycles. The number of hydrogen-bond acceptors (Lipinski definition) is 4. The Morgan fingerprint density at radius 2 is 2.35 bits per heavy atom. The Morgan fingerprint density at radius 3 is 3.06 bits per heavy atom. The lowest BCUT2D eigenvalue weighted by Crippen LogP contribution is -2.37. The minimum atomic E-state index is -0.0332. The molecule has 0 unspecified atom stereocenters. The number of carbonyl (C=O) groups is 1. The Balaban J connectivity index is 2.12. The number of carbonyl (C=O) groups excluding carboxylic acids is 1. The van der Waals surface area contributed by atoms with Crippen molar-refractivity contribution in [3.8, 4) is 0 Å². The van der Waals surface area contributed by atoms with E-state index in [1.165, 1.54) is 11.9 Å². The van der Waals surface area contributed by atoms with Gasteiger partial charge in [0.25, 0.3) is 0 Å². The van der Waals surface area contributed by atoms with E-state index in [1.807, 2.05) is 18.2 Å². The van der Waals surface area contributed by atoms with Gasteiger partial charge in [-0.05, 0) is 18.2 Å². The molecule has 1 aromatic heterocycles. The third-order valence-corrected chi connectivity index (χ3v) is 3.61. The summed E-state index contributed by atoms with van der Waals surface area (Å²) in [6, 6.07) is 5.64. The van der Waals surface area contributed by atoms with Crippen LogP contribution < -0.4 is 5.43 Å². The fourth-order valence-corrected chi connectivity index (χ4v) is 2.37. The topological polar surface area (TPSA) is 45.2 Å². The Labute approximate surface area is 108 Å². The molecule has 0 bridgehead atoms. The van der Waals surface area contributed by atoms with Gasteiger partial charge in [0.1, 0.15) is 5.01 Å². The van der Waals surface area contributed by atoms with Crippen molar-refractivity contribution in [1.82, 2.24) is 15.4 Å². The molecular formula is C11H12ClN3OS. The average molecular weight is 270 g/mol. The predicted octanol–water partition coefficient (Wildman–Crippen LogP) is 2.43. The number of fused-ring (bicyclic) bond motifs is 1. The molecule has 17 heavy (non-hydrogen) atoms. The predicted molar refractivity (Wildman–Crippen MR) is 69.9 cm³/mol. The van der Waals surface area contributed by atoms with Gasteiger partial charge in [-0.25, -0.2) is 10.4 Å². The SMILES string of the molecule is CC(=O)N(C)NCc1nc2cc(Cl)ccc2s1. The minimum Gasteiger partial charge on any atom is -0.281 e. The molecule has 1 amide bonds. The number of nitrogens with zero attached hydrogens (tertiary/aromatic N) is 2. The highest BCUT2D eigenvalue weighted by Crippen LogP contribution is 2.24. The van der Waals surface area contributed by atoms with Crippen molar-refractivity contribution in [3.05, 3.63) is 28.2 Å². The van der Waals surface area contributed by atoms with E-state index < -0.39 is 0 Å². The quantitative estimate of drug-likeness (QED) is 0.871. The number of nitrogens with one attached hydrogen (secondary N) is 1. The van der Waals surface area contributed by atoms with E-state index in [-0.39, 0.29) is 5.91 Å². The van der Waals surface area contributed by atoms with E-state index in [0.717, 1.165) is 15.2 Å². The van der Waals surface area contributed by atoms with Crippen molar-refractivity contribution in [2.24, 2.45) is 0 Å². The average Bonchev–Trinajstić information content (AvgIpc) is 2.67. The minimum absolute atomic E-state index is 0.0332. The summed E-state index contributed by atoms with van der Waals surface area (Å²) in [7, 11) is 1.69. The van der Waals surface area contributed by atoms with Gasteiger partial charge in [-0.15, -0.1) is 11.3 Å². The molecule has 6 heteroatoms. The number of thiazole rings is 1. The molecule has 0 saturated heterocycles. The lowest BCUT2D eigenvalue weighted by Gasteiger charge is -2.14. The van der Waals surface area contributed by atoms with Gasteiger partial charge in [0.15, 0.2) is 0 Å². The Bertz CT molecular complexity index is 555. The lowest BCUT2D eigenvalue weighted by atomic mass is 10.3. The zero-order valence-corrected chi connectivity index (χ0v) is 11.1. The van der Waals surface area contributed by atoms with Gasteiger partial charge < -0.3 is 0 Å². The number of benzene rings is 1. The third-order valence-electron chi connectivity index (χ3n) is 2.33. The maximum absolute atomic E-state index is 11.0. The highest BCUT2D eigenvalue weighted by molar-refractivity contribution is 7.18. The van der Waals surface area contributed by atoms with E-state index in [9.17, 15) is 4.79 Å². The molecule has 0 radical (unpaired) electrons. The smallest absolute Gasteiger partial charge is 0.233 e. The van der Waals surface area contributed by atoms with Gasteiger partial charge in [-0.2, -0.15) is 0 Å². The molecule has 0 aliphatic heterocycles. The van der Waals surface area contributed by atoms with Crippen LogP contribution in [0.4, 0.5) is 0 Å². The van der Waals surface area contributed by atoms with Crippen molar-refractivity contribution in [2.75, 3.05) is 7.05 Å². The van der Waals surface area contributed by atoms with E-state index >= 15 is 0 Å². The summed E-state index contributed by atoms with van der Waals surface area (Å²) in [6.45, 7) is 2.04. The summed E-state index contributed by atoms with van der Waals surface area (Å²) in [4.78, 5) is 15.4. The third kappa shape index (κ3) is 2.94. The number of hydrogen-bond donors (Lipinski definition) is 1. The molecular weight excluding hydrogens is 258 g/mol. The van der Waals surface area contributed by atoms with Gasteiger partial charge in [0.2, 0.25) is 5.91 Å². The van der Waals surface area contributed by atoms with Crippen molar-refractivity contribution in [3.63, 3.8) is 0 Å². The normalized spacial score (nSPS) is 10.8. The van der Waals surface area contributed by atoms with Gasteiger partial charge in [0.05, 0.1) is 16.8 Å². The molecule has 0 aliphatic carbocycles. The maximum atomic E-state index is 11.0. The van der Waals surface area contributed by atoms with Crippen LogP contribution in [-0.2, 0) is 11.3 Å². The summed E-state index contributed by atoms with van der Waals surface area (Å²) in [5.41, 5.74) is 3.87. The van der Waals surface area contributed by atoms with Gasteiger partial charge in [-0.3, -0.25) is 9.80 Å². The molecule has 1 heterocycles. The Morgan fingerprint density at radius 1 is 1.59 bits per heavy atom. The second-order valence-corrected chi connectivity index (χ2v) is 5.18. The highest BCUT2D eigenvalue weighted by atomic mass is 35.5. The molecule has 2 aromatic rings. The van der Waals surface area contributed by atoms with E-state index in [0.29, 0.717) is 11.6 Å². The summed E-state index contributed by atoms with van der Waals surface area (Å²) in [6.07, 6.45) is 0. The molecule has 0 atom stereocenters. The summed E-state index contributed by atoms with van der Waals surface area (Å²) in [5, 5.41) is 3.05. The van der Waals surface area contributed by atoms with Crippen LogP contribution in [0.3, 0.4) is 0 Å². The molecule has 1 N–H and O–H groups in total. The van der Waals surface area contributed by atoms with Crippen LogP contribution in [-0.4, -0.2) is 22.9 Å². The molecule has 2 rings (SSSR count). The van der Waals surface area contributed by atoms with E-state index in [4.69, 9.17) is 11.6 Å². The molecule has 0 aliphatic rings. The second kappa shape index (κ2) is 5.00. The number of amides is 1. The number of halogens is 1. The van der Waals surface area contributed by atoms with Crippen LogP contribution in [0.5, 0.6) is 0 Å². The zero-order chi connectivity index (χ0) is 12.4. The summed E-state index contributed by atoms with van der Waals surface area (Å²) < 4.78 is 1.09. The summed E-state index contributed by atoms with van der Waals surface area (Å²) in [5.74, 6) is -0.0332. The second-order valence-electron chi connectivity index (χ2n) is 3.63. The molecule has 1 aromatic carbocycles. The highest BCUT2D eigenvalue weighted by Gasteiger charge is 2.06. The largest absolute Gasteiger partial charge is 0.281 e. The monoisotopic (exact) mass is 269 g/mol. The molecule has 0 spiro atoms. The number of aromatic nitrogens is 1. The Kier molecular flexibility index (Phi) is 3.61. The van der Waals surface area contributed by atoms with Crippen molar-refractivity contribution < 1.29 is 4.79 Å². The van der Waals surface area contributed by atoms with E-state index in [2.05, 4.69) is 10.4 Å². The fourth-order valence-electron chi connectivity index (χ4n) is 1.32. The first-order chi connectivity index (χ1) is 8.06. The lowest BCUT2D eigenvalue weighted by molar-refractivity contribution is -0.130. The van der Waals surface area contributed by atoms with Crippen LogP contribution >= 0.6 is 22.9 Å². The van der Waals surface area contributed by atoms with Crippen molar-refractivity contribution >= 4 is 39.1 Å². The standard InChI is InChI=1S/C11H12ClN3OS/c1-7(16)15(2)13-6-11-14-9-5-8(12)3-4-10(9)17-11/h3-5,13H,6H2,1-2H3. The first-order valence-corrected chi connectivity index (χ1v) is 6.28. The van der Waals surface area contributed by atoms with Crippen LogP contribution in [0.25, 0.3) is 10.2 Å². The van der Waals surface area contributed by atoms with Crippen LogP contribution in [0, 0.1) is 0 Å². The maximum Gasteiger partial charge on any atom is 0.233 e. The van der Waals surface area contributed by atoms with Crippen LogP contribution in [0.1, 0.15) is 11.9 Å². The van der Waals surface area contributed by atoms with E-state index in [1.54, 1.807) is 18.4 Å². The Hall–Kier alpha value is -1.17. The van der Waals surface area contributed by atoms with Gasteiger partial charge >= 0.3 is 0 Å². The number of rotatable bonds is 3. The number of hydrazine groups is 1. The fraction of sp³-hybridized carbons (Fsp3) is 0.273.